The lowest BCUT2D eigenvalue weighted by molar-refractivity contribution is -0.117. The highest BCUT2D eigenvalue weighted by Gasteiger charge is 2.32. The van der Waals surface area contributed by atoms with E-state index in [4.69, 9.17) is 10.2 Å². The van der Waals surface area contributed by atoms with Crippen LogP contribution in [0.4, 0.5) is 5.95 Å². The first kappa shape index (κ1) is 10.6. The van der Waals surface area contributed by atoms with Crippen LogP contribution in [0.25, 0.3) is 0 Å². The van der Waals surface area contributed by atoms with Gasteiger partial charge in [0.25, 0.3) is 5.95 Å². The monoisotopic (exact) mass is 226 g/mol. The highest BCUT2D eigenvalue weighted by molar-refractivity contribution is 5.94. The van der Waals surface area contributed by atoms with E-state index in [1.807, 2.05) is 0 Å². The second-order valence-electron chi connectivity index (χ2n) is 3.55. The van der Waals surface area contributed by atoms with Crippen LogP contribution < -0.4 is 4.90 Å². The van der Waals surface area contributed by atoms with Crippen molar-refractivity contribution in [2.45, 2.75) is 6.42 Å². The van der Waals surface area contributed by atoms with E-state index in [1.54, 1.807) is 0 Å². The predicted molar refractivity (Wildman–Crippen MR) is 50.9 cm³/mol. The SMILES string of the molecule is O=C(O)c1nc(N2CC(CO)CC2=O)n[nH]1. The minimum absolute atomic E-state index is 0.0401. The molecule has 2 heterocycles. The number of amides is 1. The number of nitrogens with one attached hydrogen (secondary N) is 1. The zero-order valence-electron chi connectivity index (χ0n) is 8.25. The fourth-order valence-corrected chi connectivity index (χ4v) is 1.57. The number of hydrogen-bond acceptors (Lipinski definition) is 5. The topological polar surface area (TPSA) is 119 Å². The molecule has 8 heteroatoms. The average molecular weight is 226 g/mol. The van der Waals surface area contributed by atoms with E-state index in [0.29, 0.717) is 6.54 Å². The zero-order chi connectivity index (χ0) is 11.7. The van der Waals surface area contributed by atoms with Gasteiger partial charge in [0.1, 0.15) is 0 Å². The molecule has 0 aromatic carbocycles. The molecule has 0 aliphatic carbocycles. The standard InChI is InChI=1S/C8H10N4O4/c13-3-4-1-5(14)12(2-4)8-9-6(7(15)16)10-11-8/h4,13H,1-3H2,(H,15,16)(H,9,10,11). The number of nitrogens with zero attached hydrogens (tertiary/aromatic N) is 3. The molecule has 1 aliphatic heterocycles. The number of carbonyl (C=O) groups is 2. The molecule has 1 aromatic rings. The molecular weight excluding hydrogens is 216 g/mol. The van der Waals surface area contributed by atoms with Crippen LogP contribution in [0.3, 0.4) is 0 Å². The fraction of sp³-hybridized carbons (Fsp3) is 0.500. The minimum atomic E-state index is -1.23. The molecule has 1 fully saturated rings. The molecule has 8 nitrogen and oxygen atoms in total. The van der Waals surface area contributed by atoms with Gasteiger partial charge >= 0.3 is 5.97 Å². The Balaban J connectivity index is 2.18. The van der Waals surface area contributed by atoms with E-state index in [0.717, 1.165) is 0 Å². The number of rotatable bonds is 3. The molecule has 2 rings (SSSR count). The number of carboxylic acids is 1. The maximum Gasteiger partial charge on any atom is 0.373 e. The minimum Gasteiger partial charge on any atom is -0.475 e. The third-order valence-electron chi connectivity index (χ3n) is 2.38. The van der Waals surface area contributed by atoms with E-state index in [9.17, 15) is 9.59 Å². The lowest BCUT2D eigenvalue weighted by atomic mass is 10.1. The smallest absolute Gasteiger partial charge is 0.373 e. The van der Waals surface area contributed by atoms with Gasteiger partial charge in [-0.3, -0.25) is 14.8 Å². The molecule has 0 bridgehead atoms. The van der Waals surface area contributed by atoms with E-state index in [1.165, 1.54) is 4.90 Å². The summed E-state index contributed by atoms with van der Waals surface area (Å²) in [5, 5.41) is 23.4. The summed E-state index contributed by atoms with van der Waals surface area (Å²) in [6.07, 6.45) is 0.230. The maximum absolute atomic E-state index is 11.5. The second-order valence-corrected chi connectivity index (χ2v) is 3.55. The maximum atomic E-state index is 11.5. The van der Waals surface area contributed by atoms with Crippen LogP contribution in [0.15, 0.2) is 0 Å². The summed E-state index contributed by atoms with van der Waals surface area (Å²) >= 11 is 0. The van der Waals surface area contributed by atoms with Crippen LogP contribution >= 0.6 is 0 Å². The van der Waals surface area contributed by atoms with Gasteiger partial charge in [0, 0.05) is 25.5 Å². The van der Waals surface area contributed by atoms with Crippen LogP contribution in [0.5, 0.6) is 0 Å². The summed E-state index contributed by atoms with van der Waals surface area (Å²) in [6, 6.07) is 0. The lowest BCUT2D eigenvalue weighted by Crippen LogP contribution is -2.26. The van der Waals surface area contributed by atoms with Gasteiger partial charge in [0.2, 0.25) is 11.7 Å². The summed E-state index contributed by atoms with van der Waals surface area (Å²) in [4.78, 5) is 27.0. The lowest BCUT2D eigenvalue weighted by Gasteiger charge is -2.10. The Morgan fingerprint density at radius 1 is 1.62 bits per heavy atom. The molecule has 3 N–H and O–H groups in total. The van der Waals surface area contributed by atoms with Gasteiger partial charge in [-0.05, 0) is 0 Å². The summed E-state index contributed by atoms with van der Waals surface area (Å²) in [6.45, 7) is 0.227. The number of hydrogen-bond donors (Lipinski definition) is 3. The summed E-state index contributed by atoms with van der Waals surface area (Å²) < 4.78 is 0. The Morgan fingerprint density at radius 3 is 2.88 bits per heavy atom. The number of aliphatic hydroxyl groups excluding tert-OH is 1. The Labute approximate surface area is 89.9 Å². The van der Waals surface area contributed by atoms with Gasteiger partial charge in [-0.25, -0.2) is 4.79 Å². The molecule has 1 atom stereocenters. The molecule has 1 aliphatic rings. The number of carbonyl (C=O) groups excluding carboxylic acids is 1. The van der Waals surface area contributed by atoms with Crippen LogP contribution in [-0.4, -0.2) is 50.4 Å². The van der Waals surface area contributed by atoms with Crippen molar-refractivity contribution < 1.29 is 19.8 Å². The quantitative estimate of drug-likeness (QED) is 0.598. The Morgan fingerprint density at radius 2 is 2.38 bits per heavy atom. The number of anilines is 1. The number of aromatic nitrogens is 3. The molecule has 1 saturated heterocycles. The number of aromatic amines is 1. The van der Waals surface area contributed by atoms with Gasteiger partial charge in [0.05, 0.1) is 0 Å². The van der Waals surface area contributed by atoms with Crippen molar-refractivity contribution in [1.82, 2.24) is 15.2 Å². The van der Waals surface area contributed by atoms with E-state index in [-0.39, 0.29) is 36.6 Å². The Hall–Kier alpha value is -1.96. The highest BCUT2D eigenvalue weighted by atomic mass is 16.4. The molecule has 0 saturated carbocycles. The van der Waals surface area contributed by atoms with Crippen molar-refractivity contribution in [3.8, 4) is 0 Å². The molecule has 1 unspecified atom stereocenters. The number of aromatic carboxylic acids is 1. The molecule has 1 amide bonds. The normalized spacial score (nSPS) is 20.4. The third-order valence-corrected chi connectivity index (χ3v) is 2.38. The number of carboxylic acid groups (broad SMARTS) is 1. The van der Waals surface area contributed by atoms with Crippen molar-refractivity contribution in [3.63, 3.8) is 0 Å². The van der Waals surface area contributed by atoms with Crippen molar-refractivity contribution in [1.29, 1.82) is 0 Å². The van der Waals surface area contributed by atoms with Gasteiger partial charge in [-0.2, -0.15) is 4.98 Å². The third kappa shape index (κ3) is 1.74. The first-order valence-electron chi connectivity index (χ1n) is 4.68. The molecular formula is C8H10N4O4. The number of H-pyrrole nitrogens is 1. The Kier molecular flexibility index (Phi) is 2.57. The van der Waals surface area contributed by atoms with E-state index >= 15 is 0 Å². The van der Waals surface area contributed by atoms with E-state index in [2.05, 4.69) is 15.2 Å². The van der Waals surface area contributed by atoms with Gasteiger partial charge in [0.15, 0.2) is 0 Å². The van der Waals surface area contributed by atoms with Crippen LogP contribution in [0.2, 0.25) is 0 Å². The number of aliphatic hydroxyl groups is 1. The van der Waals surface area contributed by atoms with Crippen LogP contribution in [0.1, 0.15) is 17.0 Å². The van der Waals surface area contributed by atoms with Crippen molar-refractivity contribution in [3.05, 3.63) is 5.82 Å². The van der Waals surface area contributed by atoms with Crippen molar-refractivity contribution in [2.24, 2.45) is 5.92 Å². The largest absolute Gasteiger partial charge is 0.475 e. The highest BCUT2D eigenvalue weighted by Crippen LogP contribution is 2.21. The fourth-order valence-electron chi connectivity index (χ4n) is 1.57. The van der Waals surface area contributed by atoms with E-state index < -0.39 is 5.97 Å². The average Bonchev–Trinajstić information content (AvgIpc) is 2.83. The Bertz CT molecular complexity index is 429. The molecule has 0 spiro atoms. The summed E-state index contributed by atoms with van der Waals surface area (Å²) in [5.74, 6) is -1.85. The molecule has 0 radical (unpaired) electrons. The van der Waals surface area contributed by atoms with Crippen molar-refractivity contribution in [2.75, 3.05) is 18.1 Å². The molecule has 16 heavy (non-hydrogen) atoms. The summed E-state index contributed by atoms with van der Waals surface area (Å²) in [5.41, 5.74) is 0. The predicted octanol–water partition coefficient (Wildman–Crippen LogP) is -1.15. The first-order valence-corrected chi connectivity index (χ1v) is 4.68. The van der Waals surface area contributed by atoms with Gasteiger partial charge < -0.3 is 10.2 Å². The molecule has 1 aromatic heterocycles. The van der Waals surface area contributed by atoms with Crippen LogP contribution in [-0.2, 0) is 4.79 Å². The van der Waals surface area contributed by atoms with Gasteiger partial charge in [-0.1, -0.05) is 0 Å². The second kappa shape index (κ2) is 3.89. The van der Waals surface area contributed by atoms with Crippen LogP contribution in [0, 0.1) is 5.92 Å². The zero-order valence-corrected chi connectivity index (χ0v) is 8.25. The van der Waals surface area contributed by atoms with Crippen molar-refractivity contribution >= 4 is 17.8 Å². The summed E-state index contributed by atoms with van der Waals surface area (Å²) in [7, 11) is 0. The first-order chi connectivity index (χ1) is 7.61. The molecule has 86 valence electrons. The van der Waals surface area contributed by atoms with Gasteiger partial charge in [-0.15, -0.1) is 5.10 Å².